The van der Waals surface area contributed by atoms with Gasteiger partial charge in [-0.2, -0.15) is 0 Å². The summed E-state index contributed by atoms with van der Waals surface area (Å²) in [5.41, 5.74) is 14.6. The van der Waals surface area contributed by atoms with Crippen LogP contribution in [0.2, 0.25) is 0 Å². The minimum atomic E-state index is -1.04. The third kappa shape index (κ3) is 8.23. The molecule has 0 unspecified atom stereocenters. The Morgan fingerprint density at radius 1 is 1.07 bits per heavy atom. The standard InChI is InChI=1S/C30H39N7O5/c1-29(2,3)24(33-28(41)42-30(4,5)6)27(40)37-18-21(34-35-32)16-23(37)26(39)36(17-19-10-8-7-9-11-19)22-14-12-20(13-15-22)25(31)38/h7-15,21,23-24H,16-18H2,1-6H3,(H2,31,38)(H,33,41)/t21-,23+,24-/m1/s1. The first kappa shape index (κ1) is 32.0. The van der Waals surface area contributed by atoms with Gasteiger partial charge in [0.15, 0.2) is 0 Å². The summed E-state index contributed by atoms with van der Waals surface area (Å²) in [5, 5.41) is 6.51. The van der Waals surface area contributed by atoms with E-state index in [2.05, 4.69) is 15.3 Å². The number of carbonyl (C=O) groups excluding carboxylic acids is 4. The molecule has 1 aliphatic rings. The number of likely N-dealkylation sites (tertiary alicyclic amines) is 1. The SMILES string of the molecule is CC(C)(C)OC(=O)N[C@H](C(=O)N1C[C@H](N=[N+]=[N-])C[C@H]1C(=O)N(Cc1ccccc1)c1ccc(C(N)=O)cc1)C(C)(C)C. The van der Waals surface area contributed by atoms with Crippen LogP contribution in [-0.4, -0.2) is 59.0 Å². The van der Waals surface area contributed by atoms with Crippen LogP contribution in [0.4, 0.5) is 10.5 Å². The highest BCUT2D eigenvalue weighted by Crippen LogP contribution is 2.30. The Labute approximate surface area is 245 Å². The van der Waals surface area contributed by atoms with Crippen molar-refractivity contribution >= 4 is 29.5 Å². The number of alkyl carbamates (subject to hydrolysis) is 1. The Morgan fingerprint density at radius 3 is 2.21 bits per heavy atom. The Hall–Kier alpha value is -4.57. The molecular weight excluding hydrogens is 538 g/mol. The molecule has 1 saturated heterocycles. The second-order valence-corrected chi connectivity index (χ2v) is 12.4. The number of benzene rings is 2. The van der Waals surface area contributed by atoms with E-state index in [-0.39, 0.29) is 25.1 Å². The molecule has 0 saturated carbocycles. The molecule has 0 aromatic heterocycles. The van der Waals surface area contributed by atoms with E-state index in [0.717, 1.165) is 5.56 Å². The molecule has 0 radical (unpaired) electrons. The lowest BCUT2D eigenvalue weighted by Crippen LogP contribution is -2.58. The molecule has 12 heteroatoms. The molecule has 1 fully saturated rings. The summed E-state index contributed by atoms with van der Waals surface area (Å²) in [6.07, 6.45) is -0.660. The lowest BCUT2D eigenvalue weighted by atomic mass is 9.85. The van der Waals surface area contributed by atoms with Crippen molar-refractivity contribution in [2.45, 2.75) is 78.2 Å². The summed E-state index contributed by atoms with van der Waals surface area (Å²) in [6.45, 7) is 10.7. The van der Waals surface area contributed by atoms with E-state index in [4.69, 9.17) is 16.0 Å². The van der Waals surface area contributed by atoms with Crippen molar-refractivity contribution in [1.82, 2.24) is 10.2 Å². The Balaban J connectivity index is 2.01. The largest absolute Gasteiger partial charge is 0.444 e. The Morgan fingerprint density at radius 2 is 1.69 bits per heavy atom. The number of nitrogens with one attached hydrogen (secondary N) is 1. The molecule has 0 aliphatic carbocycles. The number of amides is 4. The molecule has 2 aromatic carbocycles. The fraction of sp³-hybridized carbons (Fsp3) is 0.467. The molecule has 1 aliphatic heterocycles. The fourth-order valence-electron chi connectivity index (χ4n) is 4.74. The molecule has 4 amide bonds. The van der Waals surface area contributed by atoms with Gasteiger partial charge in [0.2, 0.25) is 17.7 Å². The highest BCUT2D eigenvalue weighted by molar-refractivity contribution is 6.01. The van der Waals surface area contributed by atoms with Crippen LogP contribution < -0.4 is 16.0 Å². The van der Waals surface area contributed by atoms with Gasteiger partial charge in [-0.15, -0.1) is 0 Å². The normalized spacial score (nSPS) is 17.5. The van der Waals surface area contributed by atoms with E-state index in [9.17, 15) is 19.2 Å². The van der Waals surface area contributed by atoms with E-state index >= 15 is 0 Å². The number of nitrogens with zero attached hydrogens (tertiary/aromatic N) is 5. The lowest BCUT2D eigenvalue weighted by Gasteiger charge is -2.37. The smallest absolute Gasteiger partial charge is 0.408 e. The van der Waals surface area contributed by atoms with E-state index < -0.39 is 53.0 Å². The average molecular weight is 578 g/mol. The van der Waals surface area contributed by atoms with Gasteiger partial charge >= 0.3 is 6.09 Å². The molecular formula is C30H39N7O5. The van der Waals surface area contributed by atoms with Gasteiger partial charge < -0.3 is 25.6 Å². The minimum absolute atomic E-state index is 0.00166. The molecule has 3 rings (SSSR count). The molecule has 0 spiro atoms. The summed E-state index contributed by atoms with van der Waals surface area (Å²) in [4.78, 5) is 58.6. The number of azide groups is 1. The van der Waals surface area contributed by atoms with E-state index in [1.165, 1.54) is 21.9 Å². The molecule has 12 nitrogen and oxygen atoms in total. The van der Waals surface area contributed by atoms with Crippen LogP contribution in [-0.2, 0) is 20.9 Å². The van der Waals surface area contributed by atoms with Crippen molar-refractivity contribution in [3.63, 3.8) is 0 Å². The molecule has 1 heterocycles. The van der Waals surface area contributed by atoms with E-state index in [1.807, 2.05) is 30.3 Å². The number of anilines is 1. The number of hydrogen-bond acceptors (Lipinski definition) is 6. The highest BCUT2D eigenvalue weighted by atomic mass is 16.6. The summed E-state index contributed by atoms with van der Waals surface area (Å²) in [7, 11) is 0. The topological polar surface area (TPSA) is 171 Å². The zero-order valence-electron chi connectivity index (χ0n) is 24.9. The third-order valence-electron chi connectivity index (χ3n) is 6.75. The van der Waals surface area contributed by atoms with E-state index in [0.29, 0.717) is 5.69 Å². The van der Waals surface area contributed by atoms with Gasteiger partial charge in [0.05, 0.1) is 12.6 Å². The van der Waals surface area contributed by atoms with Gasteiger partial charge in [-0.1, -0.05) is 56.2 Å². The summed E-state index contributed by atoms with van der Waals surface area (Å²) >= 11 is 0. The summed E-state index contributed by atoms with van der Waals surface area (Å²) in [6, 6.07) is 13.0. The summed E-state index contributed by atoms with van der Waals surface area (Å²) in [5.74, 6) is -1.50. The van der Waals surface area contributed by atoms with Crippen molar-refractivity contribution < 1.29 is 23.9 Å². The molecule has 224 valence electrons. The minimum Gasteiger partial charge on any atom is -0.444 e. The quantitative estimate of drug-likeness (QED) is 0.266. The van der Waals surface area contributed by atoms with Crippen LogP contribution in [0.15, 0.2) is 59.7 Å². The Bertz CT molecular complexity index is 1340. The molecule has 3 atom stereocenters. The van der Waals surface area contributed by atoms with Gasteiger partial charge in [0, 0.05) is 22.7 Å². The number of ether oxygens (including phenoxy) is 1. The van der Waals surface area contributed by atoms with Crippen molar-refractivity contribution in [2.75, 3.05) is 11.4 Å². The summed E-state index contributed by atoms with van der Waals surface area (Å²) < 4.78 is 5.40. The first-order valence-electron chi connectivity index (χ1n) is 13.7. The maximum Gasteiger partial charge on any atom is 0.408 e. The number of rotatable bonds is 8. The average Bonchev–Trinajstić information content (AvgIpc) is 3.33. The van der Waals surface area contributed by atoms with Crippen LogP contribution in [0.1, 0.15) is 63.9 Å². The lowest BCUT2D eigenvalue weighted by molar-refractivity contribution is -0.141. The number of carbonyl (C=O) groups is 4. The predicted octanol–water partition coefficient (Wildman–Crippen LogP) is 4.54. The second-order valence-electron chi connectivity index (χ2n) is 12.4. The van der Waals surface area contributed by atoms with Crippen LogP contribution in [0.25, 0.3) is 10.4 Å². The van der Waals surface area contributed by atoms with Gasteiger partial charge in [0.1, 0.15) is 17.7 Å². The molecule has 2 aromatic rings. The monoisotopic (exact) mass is 577 g/mol. The molecule has 3 N–H and O–H groups in total. The predicted molar refractivity (Wildman–Crippen MR) is 158 cm³/mol. The molecule has 42 heavy (non-hydrogen) atoms. The van der Waals surface area contributed by atoms with Gasteiger partial charge in [0.25, 0.3) is 0 Å². The fourth-order valence-corrected chi connectivity index (χ4v) is 4.74. The maximum absolute atomic E-state index is 14.3. The maximum atomic E-state index is 14.3. The van der Waals surface area contributed by atoms with Crippen LogP contribution in [0, 0.1) is 5.41 Å². The van der Waals surface area contributed by atoms with Gasteiger partial charge in [-0.25, -0.2) is 4.79 Å². The van der Waals surface area contributed by atoms with E-state index in [1.54, 1.807) is 53.7 Å². The first-order chi connectivity index (χ1) is 19.6. The van der Waals surface area contributed by atoms with Crippen molar-refractivity contribution in [3.05, 3.63) is 76.2 Å². The number of nitrogens with two attached hydrogens (primary N) is 1. The highest BCUT2D eigenvalue weighted by Gasteiger charge is 2.46. The first-order valence-corrected chi connectivity index (χ1v) is 13.7. The number of primary amides is 1. The van der Waals surface area contributed by atoms with Crippen molar-refractivity contribution in [2.24, 2.45) is 16.3 Å². The molecule has 0 bridgehead atoms. The van der Waals surface area contributed by atoms with Gasteiger partial charge in [-0.3, -0.25) is 14.4 Å². The van der Waals surface area contributed by atoms with Crippen LogP contribution in [0.3, 0.4) is 0 Å². The van der Waals surface area contributed by atoms with Crippen molar-refractivity contribution in [3.8, 4) is 0 Å². The third-order valence-corrected chi connectivity index (χ3v) is 6.75. The van der Waals surface area contributed by atoms with Crippen LogP contribution >= 0.6 is 0 Å². The Kier molecular flexibility index (Phi) is 9.85. The number of hydrogen-bond donors (Lipinski definition) is 2. The van der Waals surface area contributed by atoms with Crippen molar-refractivity contribution in [1.29, 1.82) is 0 Å². The zero-order valence-corrected chi connectivity index (χ0v) is 24.9. The second kappa shape index (κ2) is 12.9. The van der Waals surface area contributed by atoms with Crippen LogP contribution in [0.5, 0.6) is 0 Å². The zero-order chi connectivity index (χ0) is 31.2. The van der Waals surface area contributed by atoms with Gasteiger partial charge in [-0.05, 0) is 68.0 Å².